The molecule has 33 heavy (non-hydrogen) atoms. The number of anilines is 1. The van der Waals surface area contributed by atoms with E-state index in [1.54, 1.807) is 0 Å². The van der Waals surface area contributed by atoms with E-state index in [2.05, 4.69) is 21.2 Å². The maximum Gasteiger partial charge on any atom is 0.231 e. The summed E-state index contributed by atoms with van der Waals surface area (Å²) in [6, 6.07) is 6.48. The van der Waals surface area contributed by atoms with Crippen LogP contribution in [0.5, 0.6) is 11.5 Å². The zero-order valence-electron chi connectivity index (χ0n) is 19.5. The summed E-state index contributed by atoms with van der Waals surface area (Å²) < 4.78 is 22.2. The van der Waals surface area contributed by atoms with Crippen LogP contribution in [0.1, 0.15) is 38.5 Å². The third kappa shape index (κ3) is 5.91. The van der Waals surface area contributed by atoms with Gasteiger partial charge in [0.05, 0.1) is 38.0 Å². The first kappa shape index (κ1) is 22.7. The van der Waals surface area contributed by atoms with Crippen molar-refractivity contribution in [1.82, 2.24) is 10.2 Å². The third-order valence-corrected chi connectivity index (χ3v) is 7.45. The monoisotopic (exact) mass is 459 g/mol. The number of rotatable bonds is 7. The molecular formula is C25H37N3O5. The van der Waals surface area contributed by atoms with Gasteiger partial charge in [-0.15, -0.1) is 0 Å². The summed E-state index contributed by atoms with van der Waals surface area (Å²) in [5.74, 6) is 2.63. The van der Waals surface area contributed by atoms with Gasteiger partial charge < -0.3 is 29.2 Å². The van der Waals surface area contributed by atoms with E-state index in [0.29, 0.717) is 39.1 Å². The van der Waals surface area contributed by atoms with Gasteiger partial charge in [-0.3, -0.25) is 9.69 Å². The maximum atomic E-state index is 12.3. The Hall–Kier alpha value is -2.03. The summed E-state index contributed by atoms with van der Waals surface area (Å²) in [6.07, 6.45) is 6.19. The fourth-order valence-electron chi connectivity index (χ4n) is 5.48. The molecular weight excluding hydrogens is 422 g/mol. The number of nitrogens with one attached hydrogen (secondary N) is 1. The van der Waals surface area contributed by atoms with Crippen LogP contribution in [0.3, 0.4) is 0 Å². The van der Waals surface area contributed by atoms with Gasteiger partial charge in [-0.05, 0) is 56.7 Å². The fraction of sp³-hybridized carbons (Fsp3) is 0.720. The summed E-state index contributed by atoms with van der Waals surface area (Å²) in [5, 5.41) is 3.22. The van der Waals surface area contributed by atoms with Crippen molar-refractivity contribution in [2.75, 3.05) is 64.2 Å². The molecule has 8 nitrogen and oxygen atoms in total. The molecule has 8 heteroatoms. The molecule has 4 aliphatic rings. The van der Waals surface area contributed by atoms with Gasteiger partial charge in [0, 0.05) is 32.2 Å². The quantitative estimate of drug-likeness (QED) is 0.671. The van der Waals surface area contributed by atoms with E-state index >= 15 is 0 Å². The number of nitrogens with zero attached hydrogens (tertiary/aromatic N) is 2. The van der Waals surface area contributed by atoms with Crippen molar-refractivity contribution in [3.8, 4) is 11.5 Å². The number of hydrogen-bond acceptors (Lipinski definition) is 7. The topological polar surface area (TPSA) is 72.5 Å². The number of fused-ring (bicyclic) bond motifs is 1. The molecule has 3 heterocycles. The highest BCUT2D eigenvalue weighted by molar-refractivity contribution is 5.76. The zero-order valence-corrected chi connectivity index (χ0v) is 19.5. The number of amides is 1. The van der Waals surface area contributed by atoms with Crippen LogP contribution in [0.15, 0.2) is 18.2 Å². The van der Waals surface area contributed by atoms with Crippen LogP contribution in [-0.2, 0) is 14.3 Å². The van der Waals surface area contributed by atoms with Crippen molar-refractivity contribution < 1.29 is 23.7 Å². The van der Waals surface area contributed by atoms with Gasteiger partial charge in [-0.25, -0.2) is 0 Å². The molecule has 5 rings (SSSR count). The Morgan fingerprint density at radius 2 is 1.88 bits per heavy atom. The fourth-order valence-corrected chi connectivity index (χ4v) is 5.48. The molecule has 0 spiro atoms. The molecule has 1 amide bonds. The van der Waals surface area contributed by atoms with Crippen LogP contribution in [0, 0.1) is 5.92 Å². The number of benzene rings is 1. The van der Waals surface area contributed by atoms with Crippen molar-refractivity contribution in [1.29, 1.82) is 0 Å². The largest absolute Gasteiger partial charge is 0.454 e. The lowest BCUT2D eigenvalue weighted by molar-refractivity contribution is -0.132. The summed E-state index contributed by atoms with van der Waals surface area (Å²) in [4.78, 5) is 17.3. The molecule has 182 valence electrons. The lowest BCUT2D eigenvalue weighted by atomic mass is 9.84. The van der Waals surface area contributed by atoms with E-state index in [1.807, 2.05) is 12.1 Å². The Morgan fingerprint density at radius 3 is 2.67 bits per heavy atom. The van der Waals surface area contributed by atoms with Crippen LogP contribution in [0.25, 0.3) is 0 Å². The van der Waals surface area contributed by atoms with E-state index in [1.165, 1.54) is 25.8 Å². The highest BCUT2D eigenvalue weighted by Gasteiger charge is 2.27. The molecule has 2 saturated heterocycles. The second-order valence-electron chi connectivity index (χ2n) is 9.69. The third-order valence-electron chi connectivity index (χ3n) is 7.45. The minimum Gasteiger partial charge on any atom is -0.454 e. The van der Waals surface area contributed by atoms with Crippen LogP contribution < -0.4 is 19.7 Å². The van der Waals surface area contributed by atoms with Crippen molar-refractivity contribution in [2.45, 2.75) is 50.7 Å². The van der Waals surface area contributed by atoms with Gasteiger partial charge >= 0.3 is 0 Å². The molecule has 1 N–H and O–H groups in total. The van der Waals surface area contributed by atoms with Crippen molar-refractivity contribution in [3.05, 3.63) is 18.2 Å². The Kier molecular flexibility index (Phi) is 7.53. The lowest BCUT2D eigenvalue weighted by Gasteiger charge is -2.37. The van der Waals surface area contributed by atoms with E-state index < -0.39 is 0 Å². The molecule has 0 bridgehead atoms. The Balaban J connectivity index is 0.980. The van der Waals surface area contributed by atoms with Gasteiger partial charge in [-0.2, -0.15) is 0 Å². The van der Waals surface area contributed by atoms with Gasteiger partial charge in [0.15, 0.2) is 11.5 Å². The maximum absolute atomic E-state index is 12.3. The van der Waals surface area contributed by atoms with Crippen LogP contribution in [-0.4, -0.2) is 82.3 Å². The predicted octanol–water partition coefficient (Wildman–Crippen LogP) is 2.41. The highest BCUT2D eigenvalue weighted by Crippen LogP contribution is 2.41. The van der Waals surface area contributed by atoms with Crippen LogP contribution >= 0.6 is 0 Å². The van der Waals surface area contributed by atoms with Crippen molar-refractivity contribution >= 4 is 11.6 Å². The number of carbonyl (C=O) groups is 1. The highest BCUT2D eigenvalue weighted by atomic mass is 16.7. The first-order valence-corrected chi connectivity index (χ1v) is 12.6. The number of piperazine rings is 1. The Morgan fingerprint density at radius 1 is 1.03 bits per heavy atom. The molecule has 1 saturated carbocycles. The molecule has 1 aromatic carbocycles. The molecule has 0 unspecified atom stereocenters. The molecule has 3 fully saturated rings. The molecule has 1 atom stereocenters. The standard InChI is InChI=1S/C25H37N3O5/c29-24(16-21-17-30-14-15-31-21)26-20-6-4-19(5-7-20)8-9-27-10-12-28(13-11-27)22-2-1-3-23-25(22)33-18-32-23/h1-3,19-21H,4-18H2,(H,26,29)/t19?,20?,21-/m1/s1. The smallest absolute Gasteiger partial charge is 0.231 e. The summed E-state index contributed by atoms with van der Waals surface area (Å²) in [6.45, 7) is 7.47. The number of carbonyl (C=O) groups excluding carboxylic acids is 1. The zero-order chi connectivity index (χ0) is 22.5. The van der Waals surface area contributed by atoms with Gasteiger partial charge in [-0.1, -0.05) is 6.07 Å². The van der Waals surface area contributed by atoms with E-state index in [9.17, 15) is 4.79 Å². The molecule has 0 radical (unpaired) electrons. The normalized spacial score (nSPS) is 28.0. The average molecular weight is 460 g/mol. The summed E-state index contributed by atoms with van der Waals surface area (Å²) >= 11 is 0. The van der Waals surface area contributed by atoms with Crippen molar-refractivity contribution in [3.63, 3.8) is 0 Å². The first-order chi connectivity index (χ1) is 16.2. The number of hydrogen-bond donors (Lipinski definition) is 1. The minimum absolute atomic E-state index is 0.0841. The average Bonchev–Trinajstić information content (AvgIpc) is 3.34. The molecule has 1 aromatic rings. The minimum atomic E-state index is -0.0841. The Labute approximate surface area is 196 Å². The van der Waals surface area contributed by atoms with Crippen LogP contribution in [0.4, 0.5) is 5.69 Å². The first-order valence-electron chi connectivity index (χ1n) is 12.6. The van der Waals surface area contributed by atoms with E-state index in [0.717, 1.165) is 62.1 Å². The van der Waals surface area contributed by atoms with Gasteiger partial charge in [0.2, 0.25) is 12.7 Å². The molecule has 1 aliphatic carbocycles. The van der Waals surface area contributed by atoms with Gasteiger partial charge in [0.25, 0.3) is 0 Å². The molecule has 0 aromatic heterocycles. The van der Waals surface area contributed by atoms with Crippen LogP contribution in [0.2, 0.25) is 0 Å². The number of para-hydroxylation sites is 1. The predicted molar refractivity (Wildman–Crippen MR) is 125 cm³/mol. The SMILES string of the molecule is O=C(C[C@@H]1COCCO1)NC1CCC(CCN2CCN(c3cccc4c3OCO4)CC2)CC1. The van der Waals surface area contributed by atoms with E-state index in [-0.39, 0.29) is 12.0 Å². The van der Waals surface area contributed by atoms with E-state index in [4.69, 9.17) is 18.9 Å². The number of ether oxygens (including phenoxy) is 4. The lowest BCUT2D eigenvalue weighted by Crippen LogP contribution is -2.47. The second kappa shape index (κ2) is 10.9. The summed E-state index contributed by atoms with van der Waals surface area (Å²) in [7, 11) is 0. The second-order valence-corrected chi connectivity index (χ2v) is 9.69. The Bertz CT molecular complexity index is 784. The van der Waals surface area contributed by atoms with Crippen molar-refractivity contribution in [2.24, 2.45) is 5.92 Å². The van der Waals surface area contributed by atoms with Gasteiger partial charge in [0.1, 0.15) is 0 Å². The summed E-state index contributed by atoms with van der Waals surface area (Å²) in [5.41, 5.74) is 1.16. The molecule has 3 aliphatic heterocycles.